The van der Waals surface area contributed by atoms with E-state index in [1.54, 1.807) is 3.26 Å². The van der Waals surface area contributed by atoms with Crippen molar-refractivity contribution in [3.8, 4) is 0 Å². The number of fused-ring (bicyclic) bond motifs is 3. The maximum absolute atomic E-state index is 3.73. The van der Waals surface area contributed by atoms with Gasteiger partial charge in [-0.05, 0) is 10.8 Å². The number of halogens is 2. The molecule has 3 heteroatoms. The minimum Gasteiger partial charge on any atom is -1.00 e. The maximum Gasteiger partial charge on any atom is -0.0202 e. The molecule has 0 spiro atoms. The van der Waals surface area contributed by atoms with Gasteiger partial charge in [0.2, 0.25) is 0 Å². The largest absolute Gasteiger partial charge is 1.00 e. The van der Waals surface area contributed by atoms with Crippen molar-refractivity contribution in [2.24, 2.45) is 0 Å². The molecule has 0 aliphatic heterocycles. The van der Waals surface area contributed by atoms with Crippen LogP contribution in [0, 0.1) is 0 Å². The first-order valence-corrected chi connectivity index (χ1v) is 15.3. The predicted molar refractivity (Wildman–Crippen MR) is 166 cm³/mol. The van der Waals surface area contributed by atoms with E-state index in [2.05, 4.69) is 121 Å². The summed E-state index contributed by atoms with van der Waals surface area (Å²) in [5, 5.41) is 5.48. The SMILES string of the molecule is C=CCC[C](=[Hf+2])c1ccccc1.CC(C)(C)c1ccc2c(c1)[cH-]c1cc(C(C)(C)C)ccc12.[Cl-].[Cl-].c1cc[cH-]c1. The number of benzene rings is 3. The molecule has 5 aromatic rings. The van der Waals surface area contributed by atoms with Crippen LogP contribution in [0.4, 0.5) is 0 Å². The number of hydrogen-bond acceptors (Lipinski definition) is 0. The second-order valence-electron chi connectivity index (χ2n) is 11.9. The van der Waals surface area contributed by atoms with Crippen LogP contribution in [0.3, 0.4) is 0 Å². The molecule has 0 radical (unpaired) electrons. The van der Waals surface area contributed by atoms with Gasteiger partial charge in [-0.25, -0.2) is 12.1 Å². The number of hydrogen-bond donors (Lipinski definition) is 0. The molecule has 0 aliphatic rings. The summed E-state index contributed by atoms with van der Waals surface area (Å²) in [4.78, 5) is 0. The standard InChI is InChI=1S/C21H25.C11H12.C5H5.2ClH.Hf/c1-20(2,3)16-7-9-18-14(12-16)11-15-13-17(21(4,5)6)8-10-19(15)18;1-2-3-5-8-11-9-6-4-7-10-11;1-2-4-5-3-1;;;/h7-13H,1-6H3;2,4,6-7,9-10H,1,3,5H2;1-5H;2*1H;/q-1;;-1;;;+2/p-2. The second kappa shape index (κ2) is 16.4. The van der Waals surface area contributed by atoms with Crippen molar-refractivity contribution in [3.63, 3.8) is 0 Å². The second-order valence-corrected chi connectivity index (χ2v) is 14.1. The molecule has 40 heavy (non-hydrogen) atoms. The number of allylic oxidation sites excluding steroid dienone is 1. The molecule has 5 rings (SSSR count). The first-order valence-electron chi connectivity index (χ1n) is 13.6. The molecule has 0 amide bonds. The summed E-state index contributed by atoms with van der Waals surface area (Å²) >= 11 is 1.16. The molecule has 0 saturated carbocycles. The molecule has 210 valence electrons. The molecule has 0 saturated heterocycles. The summed E-state index contributed by atoms with van der Waals surface area (Å²) in [5.74, 6) is 0. The third-order valence-corrected chi connectivity index (χ3v) is 8.65. The van der Waals surface area contributed by atoms with E-state index < -0.39 is 0 Å². The molecular weight excluding hydrogens is 694 g/mol. The van der Waals surface area contributed by atoms with E-state index in [-0.39, 0.29) is 35.6 Å². The summed E-state index contributed by atoms with van der Waals surface area (Å²) in [6.45, 7) is 17.4. The Hall–Kier alpha value is -2.06. The zero-order valence-electron chi connectivity index (χ0n) is 24.8. The van der Waals surface area contributed by atoms with Crippen molar-refractivity contribution >= 4 is 24.8 Å². The van der Waals surface area contributed by atoms with Gasteiger partial charge in [0.05, 0.1) is 0 Å². The van der Waals surface area contributed by atoms with Crippen molar-refractivity contribution in [2.75, 3.05) is 0 Å². The molecule has 0 N–H and O–H groups in total. The number of rotatable bonds is 4. The maximum atomic E-state index is 3.73. The zero-order chi connectivity index (χ0) is 27.8. The van der Waals surface area contributed by atoms with Crippen molar-refractivity contribution in [2.45, 2.75) is 65.2 Å². The Morgan fingerprint density at radius 2 is 1.20 bits per heavy atom. The molecule has 5 aromatic carbocycles. The fourth-order valence-electron chi connectivity index (χ4n) is 4.31. The van der Waals surface area contributed by atoms with E-state index in [4.69, 9.17) is 0 Å². The Balaban J connectivity index is 0.000000356. The van der Waals surface area contributed by atoms with Gasteiger partial charge in [0, 0.05) is 0 Å². The van der Waals surface area contributed by atoms with Gasteiger partial charge in [0.25, 0.3) is 0 Å². The Morgan fingerprint density at radius 3 is 1.57 bits per heavy atom. The van der Waals surface area contributed by atoms with Crippen LogP contribution in [-0.4, -0.2) is 3.26 Å². The molecular formula is C37H42Cl2Hf-2. The van der Waals surface area contributed by atoms with Crippen molar-refractivity contribution < 1.29 is 48.7 Å². The molecule has 0 aliphatic carbocycles. The van der Waals surface area contributed by atoms with E-state index in [9.17, 15) is 0 Å². The topological polar surface area (TPSA) is 0 Å². The molecule has 0 aromatic heterocycles. The molecule has 0 atom stereocenters. The van der Waals surface area contributed by atoms with Crippen LogP contribution in [0.2, 0.25) is 0 Å². The third kappa shape index (κ3) is 10.4. The van der Waals surface area contributed by atoms with Gasteiger partial charge in [0.15, 0.2) is 0 Å². The van der Waals surface area contributed by atoms with E-state index in [0.717, 1.165) is 30.3 Å². The Bertz CT molecular complexity index is 1360. The average Bonchev–Trinajstić information content (AvgIpc) is 3.58. The van der Waals surface area contributed by atoms with Gasteiger partial charge in [-0.3, -0.25) is 0 Å². The van der Waals surface area contributed by atoms with Gasteiger partial charge in [-0.15, -0.1) is 39.7 Å². The molecule has 0 bridgehead atoms. The van der Waals surface area contributed by atoms with Gasteiger partial charge in [0.1, 0.15) is 0 Å². The van der Waals surface area contributed by atoms with E-state index in [0.29, 0.717) is 0 Å². The third-order valence-electron chi connectivity index (χ3n) is 6.71. The molecule has 0 unspecified atom stereocenters. The van der Waals surface area contributed by atoms with E-state index in [1.165, 1.54) is 44.7 Å². The minimum atomic E-state index is 0. The van der Waals surface area contributed by atoms with E-state index >= 15 is 0 Å². The zero-order valence-corrected chi connectivity index (χ0v) is 29.9. The van der Waals surface area contributed by atoms with Crippen LogP contribution in [0.15, 0.2) is 116 Å². The summed E-state index contributed by atoms with van der Waals surface area (Å²) in [6.07, 6.45) is 4.27. The summed E-state index contributed by atoms with van der Waals surface area (Å²) < 4.78 is 1.58. The van der Waals surface area contributed by atoms with Gasteiger partial charge in [-0.1, -0.05) is 76.9 Å². The molecule has 0 heterocycles. The van der Waals surface area contributed by atoms with Gasteiger partial charge in [-0.2, -0.15) is 18.2 Å². The van der Waals surface area contributed by atoms with Crippen molar-refractivity contribution in [1.29, 1.82) is 0 Å². The average molecular weight is 736 g/mol. The van der Waals surface area contributed by atoms with Crippen LogP contribution in [0.25, 0.3) is 21.5 Å². The predicted octanol–water partition coefficient (Wildman–Crippen LogP) is 4.44. The van der Waals surface area contributed by atoms with Crippen LogP contribution in [0.1, 0.15) is 71.1 Å². The summed E-state index contributed by atoms with van der Waals surface area (Å²) in [7, 11) is 0. The van der Waals surface area contributed by atoms with Crippen molar-refractivity contribution in [3.05, 3.63) is 132 Å². The fraction of sp³-hybridized carbons (Fsp3) is 0.270. The van der Waals surface area contributed by atoms with Crippen LogP contribution in [0.5, 0.6) is 0 Å². The quantitative estimate of drug-likeness (QED) is 0.146. The molecule has 0 fully saturated rings. The molecule has 0 nitrogen and oxygen atoms in total. The van der Waals surface area contributed by atoms with Gasteiger partial charge < -0.3 is 24.8 Å². The normalized spacial score (nSPS) is 10.8. The van der Waals surface area contributed by atoms with Gasteiger partial charge >= 0.3 is 88.5 Å². The van der Waals surface area contributed by atoms with Crippen molar-refractivity contribution in [1.82, 2.24) is 0 Å². The Morgan fingerprint density at radius 1 is 0.725 bits per heavy atom. The van der Waals surface area contributed by atoms with E-state index in [1.807, 2.05) is 36.4 Å². The Kier molecular flexibility index (Phi) is 14.7. The monoisotopic (exact) mass is 736 g/mol. The minimum absolute atomic E-state index is 0. The van der Waals surface area contributed by atoms with Crippen LogP contribution in [-0.2, 0) is 34.7 Å². The summed E-state index contributed by atoms with van der Waals surface area (Å²) in [6, 6.07) is 36.8. The van der Waals surface area contributed by atoms with Crippen LogP contribution < -0.4 is 24.8 Å². The first kappa shape index (κ1) is 36.0. The Labute approximate surface area is 269 Å². The fourth-order valence-corrected chi connectivity index (χ4v) is 5.42. The first-order chi connectivity index (χ1) is 18.0. The smallest absolute Gasteiger partial charge is 0.0202 e. The van der Waals surface area contributed by atoms with Crippen LogP contribution >= 0.6 is 0 Å². The summed E-state index contributed by atoms with van der Waals surface area (Å²) in [5.41, 5.74) is 4.62.